The molecule has 3 rings (SSSR count). The highest BCUT2D eigenvalue weighted by Crippen LogP contribution is 2.34. The Kier molecular flexibility index (Phi) is 9.12. The van der Waals surface area contributed by atoms with Gasteiger partial charge in [-0.15, -0.1) is 11.8 Å². The number of nitrogens with zero attached hydrogens (tertiary/aromatic N) is 3. The van der Waals surface area contributed by atoms with Crippen LogP contribution in [0.2, 0.25) is 0 Å². The number of carbonyl (C=O) groups is 1. The molecule has 33 heavy (non-hydrogen) atoms. The zero-order chi connectivity index (χ0) is 23.8. The first-order valence-corrected chi connectivity index (χ1v) is 12.2. The maximum atomic E-state index is 11.2. The number of carbonyl (C=O) groups excluding carboxylic acids is 1. The summed E-state index contributed by atoms with van der Waals surface area (Å²) in [6.07, 6.45) is 1.44. The minimum Gasteiger partial charge on any atom is -0.427 e. The van der Waals surface area contributed by atoms with Gasteiger partial charge in [0, 0.05) is 31.3 Å². The zero-order valence-electron chi connectivity index (χ0n) is 19.5. The molecule has 8 heteroatoms. The minimum atomic E-state index is -0.346. The van der Waals surface area contributed by atoms with Crippen LogP contribution in [0.1, 0.15) is 43.0 Å². The van der Waals surface area contributed by atoms with Crippen LogP contribution >= 0.6 is 11.8 Å². The number of ether oxygens (including phenoxy) is 2. The van der Waals surface area contributed by atoms with E-state index in [2.05, 4.69) is 24.8 Å². The van der Waals surface area contributed by atoms with Crippen molar-refractivity contribution < 1.29 is 19.4 Å². The lowest BCUT2D eigenvalue weighted by atomic mass is 9.95. The number of aryl methyl sites for hydroxylation is 1. The molecule has 0 bridgehead atoms. The van der Waals surface area contributed by atoms with E-state index in [1.54, 1.807) is 17.8 Å². The number of hydrogen-bond donors (Lipinski definition) is 1. The second-order valence-corrected chi connectivity index (χ2v) is 9.46. The number of morpholine rings is 1. The number of aliphatic hydroxyl groups excluding tert-OH is 1. The molecule has 0 unspecified atom stereocenters. The SMILES string of the molecule is CC(=O)Oc1cccc(CCSc2nc(N3CCOCC3)c(CO)c(CC(C)C)c2C#N)c1. The molecule has 1 aliphatic heterocycles. The van der Waals surface area contributed by atoms with Crippen LogP contribution in [0.5, 0.6) is 5.75 Å². The first-order chi connectivity index (χ1) is 15.9. The molecule has 0 saturated carbocycles. The Morgan fingerprint density at radius 3 is 2.73 bits per heavy atom. The molecule has 2 heterocycles. The van der Waals surface area contributed by atoms with E-state index in [-0.39, 0.29) is 12.6 Å². The predicted octanol–water partition coefficient (Wildman–Crippen LogP) is 3.74. The molecule has 1 aromatic carbocycles. The van der Waals surface area contributed by atoms with E-state index in [1.807, 2.05) is 18.2 Å². The molecule has 1 aliphatic rings. The summed E-state index contributed by atoms with van der Waals surface area (Å²) in [6.45, 7) is 8.11. The molecule has 176 valence electrons. The second-order valence-electron chi connectivity index (χ2n) is 8.38. The highest BCUT2D eigenvalue weighted by atomic mass is 32.2. The van der Waals surface area contributed by atoms with Crippen molar-refractivity contribution in [2.45, 2.75) is 45.2 Å². The number of anilines is 1. The van der Waals surface area contributed by atoms with Gasteiger partial charge in [0.25, 0.3) is 0 Å². The summed E-state index contributed by atoms with van der Waals surface area (Å²) >= 11 is 1.54. The first-order valence-electron chi connectivity index (χ1n) is 11.2. The zero-order valence-corrected chi connectivity index (χ0v) is 20.3. The van der Waals surface area contributed by atoms with Crippen LogP contribution in [-0.2, 0) is 29.0 Å². The van der Waals surface area contributed by atoms with Gasteiger partial charge in [0.1, 0.15) is 22.7 Å². The molecule has 0 atom stereocenters. The number of thioether (sulfide) groups is 1. The molecule has 1 N–H and O–H groups in total. The van der Waals surface area contributed by atoms with E-state index < -0.39 is 0 Å². The Bertz CT molecular complexity index is 1010. The summed E-state index contributed by atoms with van der Waals surface area (Å²) < 4.78 is 10.7. The van der Waals surface area contributed by atoms with Crippen molar-refractivity contribution in [3.8, 4) is 11.8 Å². The summed E-state index contributed by atoms with van der Waals surface area (Å²) in [6, 6.07) is 9.83. The standard InChI is InChI=1S/C25H31N3O4S/c1-17(2)13-21-22(15-26)25(27-24(23(21)16-29)28-8-10-31-11-9-28)33-12-7-19-5-4-6-20(14-19)32-18(3)30/h4-6,14,17,29H,7-13,16H2,1-3H3. The number of benzene rings is 1. The Morgan fingerprint density at radius 1 is 1.33 bits per heavy atom. The largest absolute Gasteiger partial charge is 0.427 e. The molecule has 1 fully saturated rings. The van der Waals surface area contributed by atoms with E-state index in [0.717, 1.165) is 28.9 Å². The number of hydrogen-bond acceptors (Lipinski definition) is 8. The number of nitriles is 1. The van der Waals surface area contributed by atoms with E-state index in [4.69, 9.17) is 14.5 Å². The third kappa shape index (κ3) is 6.70. The first kappa shape index (κ1) is 25.0. The molecular formula is C25H31N3O4S. The quantitative estimate of drug-likeness (QED) is 0.337. The fraction of sp³-hybridized carbons (Fsp3) is 0.480. The van der Waals surface area contributed by atoms with Gasteiger partial charge in [0.15, 0.2) is 0 Å². The Labute approximate surface area is 199 Å². The van der Waals surface area contributed by atoms with Gasteiger partial charge < -0.3 is 19.5 Å². The maximum Gasteiger partial charge on any atom is 0.308 e. The maximum absolute atomic E-state index is 11.2. The second kappa shape index (κ2) is 12.0. The van der Waals surface area contributed by atoms with Crippen LogP contribution in [0, 0.1) is 17.2 Å². The molecular weight excluding hydrogens is 438 g/mol. The average molecular weight is 470 g/mol. The predicted molar refractivity (Wildman–Crippen MR) is 129 cm³/mol. The Hall–Kier alpha value is -2.60. The highest BCUT2D eigenvalue weighted by Gasteiger charge is 2.24. The van der Waals surface area contributed by atoms with Gasteiger partial charge in [0.05, 0.1) is 25.4 Å². The smallest absolute Gasteiger partial charge is 0.308 e. The summed E-state index contributed by atoms with van der Waals surface area (Å²) in [5.41, 5.74) is 3.25. The van der Waals surface area contributed by atoms with Gasteiger partial charge in [-0.3, -0.25) is 4.79 Å². The summed E-state index contributed by atoms with van der Waals surface area (Å²) in [5.74, 6) is 2.00. The number of pyridine rings is 1. The van der Waals surface area contributed by atoms with Crippen molar-refractivity contribution in [3.05, 3.63) is 46.5 Å². The van der Waals surface area contributed by atoms with Gasteiger partial charge in [-0.1, -0.05) is 26.0 Å². The van der Waals surface area contributed by atoms with Crippen LogP contribution in [0.15, 0.2) is 29.3 Å². The lowest BCUT2D eigenvalue weighted by Crippen LogP contribution is -2.37. The van der Waals surface area contributed by atoms with Gasteiger partial charge >= 0.3 is 5.97 Å². The molecule has 0 aliphatic carbocycles. The van der Waals surface area contributed by atoms with Crippen molar-refractivity contribution in [1.29, 1.82) is 5.26 Å². The highest BCUT2D eigenvalue weighted by molar-refractivity contribution is 7.99. The van der Waals surface area contributed by atoms with Crippen LogP contribution < -0.4 is 9.64 Å². The van der Waals surface area contributed by atoms with Gasteiger partial charge in [-0.2, -0.15) is 5.26 Å². The number of esters is 1. The third-order valence-corrected chi connectivity index (χ3v) is 6.32. The lowest BCUT2D eigenvalue weighted by molar-refractivity contribution is -0.131. The van der Waals surface area contributed by atoms with Crippen molar-refractivity contribution in [3.63, 3.8) is 0 Å². The van der Waals surface area contributed by atoms with Crippen LogP contribution in [-0.4, -0.2) is 48.1 Å². The molecule has 0 amide bonds. The van der Waals surface area contributed by atoms with E-state index in [9.17, 15) is 15.2 Å². The normalized spacial score (nSPS) is 13.8. The molecule has 1 aromatic heterocycles. The van der Waals surface area contributed by atoms with Crippen molar-refractivity contribution in [2.75, 3.05) is 37.0 Å². The topological polar surface area (TPSA) is 95.7 Å². The number of rotatable bonds is 9. The van der Waals surface area contributed by atoms with Gasteiger partial charge in [-0.05, 0) is 42.0 Å². The monoisotopic (exact) mass is 469 g/mol. The third-order valence-electron chi connectivity index (χ3n) is 5.34. The summed E-state index contributed by atoms with van der Waals surface area (Å²) in [7, 11) is 0. The Morgan fingerprint density at radius 2 is 2.09 bits per heavy atom. The van der Waals surface area contributed by atoms with E-state index in [0.29, 0.717) is 60.7 Å². The van der Waals surface area contributed by atoms with Crippen LogP contribution in [0.4, 0.5) is 5.82 Å². The minimum absolute atomic E-state index is 0.149. The van der Waals surface area contributed by atoms with E-state index >= 15 is 0 Å². The lowest BCUT2D eigenvalue weighted by Gasteiger charge is -2.31. The van der Waals surface area contributed by atoms with E-state index in [1.165, 1.54) is 6.92 Å². The van der Waals surface area contributed by atoms with Crippen molar-refractivity contribution in [1.82, 2.24) is 4.98 Å². The molecule has 2 aromatic rings. The fourth-order valence-electron chi connectivity index (χ4n) is 3.89. The Balaban J connectivity index is 1.88. The molecule has 7 nitrogen and oxygen atoms in total. The molecule has 1 saturated heterocycles. The number of aromatic nitrogens is 1. The average Bonchev–Trinajstić information content (AvgIpc) is 2.79. The van der Waals surface area contributed by atoms with Crippen molar-refractivity contribution in [2.24, 2.45) is 5.92 Å². The molecule has 0 spiro atoms. The number of aliphatic hydroxyl groups is 1. The molecule has 0 radical (unpaired) electrons. The van der Waals surface area contributed by atoms with Gasteiger partial charge in [0.2, 0.25) is 0 Å². The van der Waals surface area contributed by atoms with Gasteiger partial charge in [-0.25, -0.2) is 4.98 Å². The summed E-state index contributed by atoms with van der Waals surface area (Å²) in [4.78, 5) is 18.2. The van der Waals surface area contributed by atoms with Crippen LogP contribution in [0.3, 0.4) is 0 Å². The summed E-state index contributed by atoms with van der Waals surface area (Å²) in [5, 5.41) is 20.9. The van der Waals surface area contributed by atoms with Crippen molar-refractivity contribution >= 4 is 23.5 Å². The van der Waals surface area contributed by atoms with Crippen LogP contribution in [0.25, 0.3) is 0 Å². The fourth-order valence-corrected chi connectivity index (χ4v) is 4.88.